The number of fused-ring (bicyclic) bond motifs is 2. The average Bonchev–Trinajstić information content (AvgIpc) is 3.36. The molecule has 0 radical (unpaired) electrons. The Labute approximate surface area is 169 Å². The van der Waals surface area contributed by atoms with Crippen LogP contribution in [-0.2, 0) is 9.53 Å². The van der Waals surface area contributed by atoms with Crippen LogP contribution in [0.25, 0.3) is 0 Å². The van der Waals surface area contributed by atoms with Crippen molar-refractivity contribution in [1.82, 2.24) is 20.9 Å². The van der Waals surface area contributed by atoms with Crippen LogP contribution < -0.4 is 16.0 Å². The third-order valence-corrected chi connectivity index (χ3v) is 7.47. The van der Waals surface area contributed by atoms with Crippen LogP contribution in [-0.4, -0.2) is 74.8 Å². The molecule has 3 N–H and O–H groups in total. The molecular formula is C21H37N5O2. The van der Waals surface area contributed by atoms with Crippen LogP contribution >= 0.6 is 0 Å². The second-order valence-electron chi connectivity index (χ2n) is 9.00. The fourth-order valence-corrected chi connectivity index (χ4v) is 6.05. The van der Waals surface area contributed by atoms with Gasteiger partial charge in [-0.3, -0.25) is 14.7 Å². The smallest absolute Gasteiger partial charge is 0.233 e. The highest BCUT2D eigenvalue weighted by Crippen LogP contribution is 2.60. The lowest BCUT2D eigenvalue weighted by atomic mass is 9.54. The van der Waals surface area contributed by atoms with Crippen molar-refractivity contribution >= 4 is 11.9 Å². The monoisotopic (exact) mass is 391 g/mol. The molecule has 2 saturated heterocycles. The van der Waals surface area contributed by atoms with Gasteiger partial charge in [-0.1, -0.05) is 12.8 Å². The van der Waals surface area contributed by atoms with Crippen LogP contribution in [0.2, 0.25) is 0 Å². The lowest BCUT2D eigenvalue weighted by molar-refractivity contribution is -0.125. The normalized spacial score (nSPS) is 32.8. The van der Waals surface area contributed by atoms with E-state index in [-0.39, 0.29) is 5.91 Å². The first-order valence-electron chi connectivity index (χ1n) is 11.3. The van der Waals surface area contributed by atoms with Gasteiger partial charge in [-0.05, 0) is 39.0 Å². The highest BCUT2D eigenvalue weighted by molar-refractivity contribution is 5.81. The number of ether oxygens (including phenoxy) is 1. The van der Waals surface area contributed by atoms with E-state index in [4.69, 9.17) is 9.73 Å². The molecule has 7 heteroatoms. The topological polar surface area (TPSA) is 78.0 Å². The first kappa shape index (κ1) is 20.0. The summed E-state index contributed by atoms with van der Waals surface area (Å²) in [6, 6.07) is 0.933. The van der Waals surface area contributed by atoms with E-state index in [1.807, 2.05) is 0 Å². The largest absolute Gasteiger partial charge is 0.377 e. The molecule has 2 saturated carbocycles. The number of likely N-dealkylation sites (tertiary alicyclic amines) is 1. The van der Waals surface area contributed by atoms with Crippen molar-refractivity contribution in [1.29, 1.82) is 0 Å². The van der Waals surface area contributed by atoms with Crippen molar-refractivity contribution < 1.29 is 9.53 Å². The molecular weight excluding hydrogens is 354 g/mol. The van der Waals surface area contributed by atoms with Gasteiger partial charge in [0.2, 0.25) is 5.91 Å². The molecule has 3 atom stereocenters. The maximum atomic E-state index is 11.6. The predicted octanol–water partition coefficient (Wildman–Crippen LogP) is 1.10. The summed E-state index contributed by atoms with van der Waals surface area (Å²) in [5, 5.41) is 10.3. The van der Waals surface area contributed by atoms with Gasteiger partial charge in [0.15, 0.2) is 5.96 Å². The maximum absolute atomic E-state index is 11.6. The third kappa shape index (κ3) is 3.75. The molecule has 4 fully saturated rings. The Morgan fingerprint density at radius 1 is 1.18 bits per heavy atom. The Balaban J connectivity index is 1.33. The maximum Gasteiger partial charge on any atom is 0.233 e. The summed E-state index contributed by atoms with van der Waals surface area (Å²) in [5.41, 5.74) is 0.342. The van der Waals surface area contributed by atoms with Gasteiger partial charge >= 0.3 is 0 Å². The van der Waals surface area contributed by atoms with Crippen LogP contribution in [0.15, 0.2) is 4.99 Å². The van der Waals surface area contributed by atoms with Crippen molar-refractivity contribution in [2.45, 2.75) is 70.1 Å². The zero-order valence-corrected chi connectivity index (χ0v) is 17.5. The SMILES string of the molecule is CCN=C(NC1CCN(CC(=O)NC)CC1)NC1C2CCOC2C12CCCC2. The van der Waals surface area contributed by atoms with Gasteiger partial charge in [-0.15, -0.1) is 0 Å². The van der Waals surface area contributed by atoms with Crippen molar-refractivity contribution in [2.75, 3.05) is 39.8 Å². The highest BCUT2D eigenvalue weighted by atomic mass is 16.5. The quantitative estimate of drug-likeness (QED) is 0.483. The molecule has 0 bridgehead atoms. The number of nitrogens with zero attached hydrogens (tertiary/aromatic N) is 2. The summed E-state index contributed by atoms with van der Waals surface area (Å²) in [6.07, 6.45) is 9.01. The second-order valence-corrected chi connectivity index (χ2v) is 9.00. The molecule has 4 rings (SSSR count). The standard InChI is InChI=1S/C21H37N5O2/c1-3-23-20(24-15-6-11-26(12-7-15)14-17(27)22-2)25-18-16-8-13-28-19(16)21(18)9-4-5-10-21/h15-16,18-19H,3-14H2,1-2H3,(H,22,27)(H2,23,24,25). The Hall–Kier alpha value is -1.34. The number of hydrogen-bond donors (Lipinski definition) is 3. The van der Waals surface area contributed by atoms with E-state index in [9.17, 15) is 4.79 Å². The van der Waals surface area contributed by atoms with Crippen molar-refractivity contribution in [2.24, 2.45) is 16.3 Å². The number of carbonyl (C=O) groups is 1. The Morgan fingerprint density at radius 3 is 2.61 bits per heavy atom. The van der Waals surface area contributed by atoms with E-state index in [1.165, 1.54) is 32.1 Å². The minimum absolute atomic E-state index is 0.0986. The van der Waals surface area contributed by atoms with Crippen LogP contribution in [0, 0.1) is 11.3 Å². The van der Waals surface area contributed by atoms with E-state index in [1.54, 1.807) is 7.05 Å². The molecule has 0 aromatic rings. The number of rotatable bonds is 5. The summed E-state index contributed by atoms with van der Waals surface area (Å²) < 4.78 is 6.13. The number of likely N-dealkylation sites (N-methyl/N-ethyl adjacent to an activating group) is 1. The zero-order chi connectivity index (χ0) is 19.6. The van der Waals surface area contributed by atoms with Crippen LogP contribution in [0.4, 0.5) is 0 Å². The lowest BCUT2D eigenvalue weighted by Crippen LogP contribution is -2.69. The van der Waals surface area contributed by atoms with Gasteiger partial charge in [0.25, 0.3) is 0 Å². The molecule has 4 aliphatic rings. The molecule has 2 heterocycles. The van der Waals surface area contributed by atoms with E-state index in [0.717, 1.165) is 45.0 Å². The van der Waals surface area contributed by atoms with Crippen molar-refractivity contribution in [3.05, 3.63) is 0 Å². The van der Waals surface area contributed by atoms with Gasteiger partial charge < -0.3 is 20.7 Å². The van der Waals surface area contributed by atoms with E-state index >= 15 is 0 Å². The van der Waals surface area contributed by atoms with Gasteiger partial charge in [0.1, 0.15) is 0 Å². The van der Waals surface area contributed by atoms with E-state index in [2.05, 4.69) is 27.8 Å². The predicted molar refractivity (Wildman–Crippen MR) is 110 cm³/mol. The first-order valence-corrected chi connectivity index (χ1v) is 11.3. The fourth-order valence-electron chi connectivity index (χ4n) is 6.05. The molecule has 0 aromatic heterocycles. The van der Waals surface area contributed by atoms with Crippen molar-refractivity contribution in [3.8, 4) is 0 Å². The Kier molecular flexibility index (Phi) is 6.11. The molecule has 3 unspecified atom stereocenters. The van der Waals surface area contributed by atoms with Crippen molar-refractivity contribution in [3.63, 3.8) is 0 Å². The first-order chi connectivity index (χ1) is 13.7. The van der Waals surface area contributed by atoms with Gasteiger partial charge in [-0.2, -0.15) is 0 Å². The minimum Gasteiger partial charge on any atom is -0.377 e. The number of guanidine groups is 1. The van der Waals surface area contributed by atoms with Crippen LogP contribution in [0.1, 0.15) is 51.9 Å². The lowest BCUT2D eigenvalue weighted by Gasteiger charge is -2.57. The molecule has 2 aliphatic heterocycles. The number of amides is 1. The Morgan fingerprint density at radius 2 is 1.93 bits per heavy atom. The molecule has 1 amide bonds. The van der Waals surface area contributed by atoms with Gasteiger partial charge in [0, 0.05) is 56.7 Å². The molecule has 28 heavy (non-hydrogen) atoms. The molecule has 2 aliphatic carbocycles. The van der Waals surface area contributed by atoms with E-state index in [0.29, 0.717) is 36.1 Å². The number of piperidine rings is 1. The average molecular weight is 392 g/mol. The zero-order valence-electron chi connectivity index (χ0n) is 17.5. The number of carbonyl (C=O) groups excluding carboxylic acids is 1. The second kappa shape index (κ2) is 8.57. The summed E-state index contributed by atoms with van der Waals surface area (Å²) in [6.45, 7) is 6.22. The number of hydrogen-bond acceptors (Lipinski definition) is 4. The number of nitrogens with one attached hydrogen (secondary N) is 3. The van der Waals surface area contributed by atoms with Crippen LogP contribution in [0.5, 0.6) is 0 Å². The summed E-state index contributed by atoms with van der Waals surface area (Å²) in [4.78, 5) is 18.6. The summed E-state index contributed by atoms with van der Waals surface area (Å²) in [5.74, 6) is 1.73. The summed E-state index contributed by atoms with van der Waals surface area (Å²) in [7, 11) is 1.70. The third-order valence-electron chi connectivity index (χ3n) is 7.47. The van der Waals surface area contributed by atoms with E-state index < -0.39 is 0 Å². The van der Waals surface area contributed by atoms with Gasteiger partial charge in [0.05, 0.1) is 12.6 Å². The number of aliphatic imine (C=N–C) groups is 1. The van der Waals surface area contributed by atoms with Gasteiger partial charge in [-0.25, -0.2) is 0 Å². The molecule has 0 aromatic carbocycles. The summed E-state index contributed by atoms with van der Waals surface area (Å²) >= 11 is 0. The highest BCUT2D eigenvalue weighted by Gasteiger charge is 2.65. The molecule has 1 spiro atoms. The molecule has 7 nitrogen and oxygen atoms in total. The van der Waals surface area contributed by atoms with Crippen LogP contribution in [0.3, 0.4) is 0 Å². The Bertz CT molecular complexity index is 581. The fraction of sp³-hybridized carbons (Fsp3) is 0.905. The minimum atomic E-state index is 0.0986. The molecule has 158 valence electrons.